The lowest BCUT2D eigenvalue weighted by Gasteiger charge is -2.31. The molecular formula is C22H21FN4O8S2. The number of nitrogens with zero attached hydrogens (tertiary/aromatic N) is 3. The van der Waals surface area contributed by atoms with Crippen molar-refractivity contribution in [2.75, 3.05) is 36.5 Å². The molecule has 0 saturated heterocycles. The van der Waals surface area contributed by atoms with Crippen molar-refractivity contribution >= 4 is 54.6 Å². The third-order valence-corrected chi connectivity index (χ3v) is 7.98. The summed E-state index contributed by atoms with van der Waals surface area (Å²) in [6, 6.07) is 6.21. The van der Waals surface area contributed by atoms with Gasteiger partial charge >= 0.3 is 12.1 Å². The lowest BCUT2D eigenvalue weighted by atomic mass is 10.0. The second-order valence-electron chi connectivity index (χ2n) is 8.27. The number of hydrogen-bond donors (Lipinski definition) is 1. The number of pyridine rings is 1. The third-order valence-electron chi connectivity index (χ3n) is 5.57. The summed E-state index contributed by atoms with van der Waals surface area (Å²) in [4.78, 5) is 28.5. The van der Waals surface area contributed by atoms with Gasteiger partial charge in [0.15, 0.2) is 11.6 Å². The standard InChI is InChI=1S/C22H21FN4O8S2/c1-12-11-26(36(2,30)31)8-9-27(37(3,32)33)19-15(12)10-16-17(21(28)35-22(24)29)18(34-20(16)25-19)13-4-6-14(23)7-5-13/h4-7,10H,1,8-9,11H2,2-3H3,(H2,24,29). The molecule has 0 spiro atoms. The largest absolute Gasteiger partial charge is 0.437 e. The Hall–Kier alpha value is -3.82. The summed E-state index contributed by atoms with van der Waals surface area (Å²) < 4.78 is 75.7. The molecule has 12 nitrogen and oxygen atoms in total. The van der Waals surface area contributed by atoms with Crippen LogP contribution in [0.3, 0.4) is 0 Å². The number of furan rings is 1. The number of ether oxygens (including phenoxy) is 1. The molecule has 1 amide bonds. The molecule has 0 fully saturated rings. The van der Waals surface area contributed by atoms with Gasteiger partial charge in [-0.25, -0.2) is 30.8 Å². The maximum atomic E-state index is 13.5. The summed E-state index contributed by atoms with van der Waals surface area (Å²) >= 11 is 0. The van der Waals surface area contributed by atoms with E-state index in [9.17, 15) is 30.8 Å². The number of halogens is 1. The molecule has 2 aromatic heterocycles. The zero-order valence-electron chi connectivity index (χ0n) is 19.6. The van der Waals surface area contributed by atoms with Gasteiger partial charge in [-0.1, -0.05) is 6.58 Å². The number of primary amides is 1. The average Bonchev–Trinajstić information content (AvgIpc) is 3.13. The van der Waals surface area contributed by atoms with Gasteiger partial charge in [-0.2, -0.15) is 9.29 Å². The Morgan fingerprint density at radius 3 is 2.32 bits per heavy atom. The van der Waals surface area contributed by atoms with Crippen molar-refractivity contribution in [2.24, 2.45) is 5.73 Å². The van der Waals surface area contributed by atoms with E-state index in [4.69, 9.17) is 10.2 Å². The minimum atomic E-state index is -3.96. The average molecular weight is 553 g/mol. The summed E-state index contributed by atoms with van der Waals surface area (Å²) in [7, 11) is -7.69. The molecular weight excluding hydrogens is 531 g/mol. The number of carbonyl (C=O) groups excluding carboxylic acids is 2. The number of hydrogen-bond acceptors (Lipinski definition) is 9. The highest BCUT2D eigenvalue weighted by molar-refractivity contribution is 7.92. The highest BCUT2D eigenvalue weighted by atomic mass is 32.2. The first kappa shape index (κ1) is 26.2. The smallest absolute Gasteiger partial charge is 0.412 e. The molecule has 0 bridgehead atoms. The molecule has 0 aliphatic carbocycles. The van der Waals surface area contributed by atoms with Crippen LogP contribution in [0.5, 0.6) is 0 Å². The summed E-state index contributed by atoms with van der Waals surface area (Å²) in [6.07, 6.45) is 0.525. The lowest BCUT2D eigenvalue weighted by molar-refractivity contribution is 0.0640. The fourth-order valence-corrected chi connectivity index (χ4v) is 5.58. The molecule has 196 valence electrons. The SMILES string of the molecule is C=C1CN(S(C)(=O)=O)CCN(S(C)(=O)=O)c2nc3oc(-c4ccc(F)cc4)c(C(=O)OC(N)=O)c3cc21. The van der Waals surface area contributed by atoms with Gasteiger partial charge in [0.05, 0.1) is 17.9 Å². The molecule has 0 saturated carbocycles. The highest BCUT2D eigenvalue weighted by Crippen LogP contribution is 2.39. The molecule has 1 aliphatic rings. The molecule has 3 aromatic rings. The molecule has 3 heterocycles. The normalized spacial score (nSPS) is 15.2. The number of sulfonamides is 2. The molecule has 37 heavy (non-hydrogen) atoms. The van der Waals surface area contributed by atoms with E-state index in [2.05, 4.69) is 16.3 Å². The van der Waals surface area contributed by atoms with Crippen molar-refractivity contribution in [3.8, 4) is 11.3 Å². The first-order chi connectivity index (χ1) is 17.2. The zero-order valence-corrected chi connectivity index (χ0v) is 21.2. The zero-order chi connectivity index (χ0) is 27.3. The van der Waals surface area contributed by atoms with Gasteiger partial charge in [0.2, 0.25) is 25.8 Å². The topological polar surface area (TPSA) is 170 Å². The number of esters is 1. The number of aromatic nitrogens is 1. The number of benzene rings is 1. The van der Waals surface area contributed by atoms with Gasteiger partial charge in [0.1, 0.15) is 11.4 Å². The molecule has 0 unspecified atom stereocenters. The van der Waals surface area contributed by atoms with E-state index < -0.39 is 37.9 Å². The maximum absolute atomic E-state index is 13.5. The van der Waals surface area contributed by atoms with Gasteiger partial charge in [-0.3, -0.25) is 4.31 Å². The van der Waals surface area contributed by atoms with Crippen molar-refractivity contribution in [3.05, 3.63) is 53.9 Å². The highest BCUT2D eigenvalue weighted by Gasteiger charge is 2.33. The number of anilines is 1. The number of fused-ring (bicyclic) bond motifs is 2. The van der Waals surface area contributed by atoms with Crippen molar-refractivity contribution in [1.82, 2.24) is 9.29 Å². The van der Waals surface area contributed by atoms with E-state index >= 15 is 0 Å². The van der Waals surface area contributed by atoms with Crippen LogP contribution in [0.4, 0.5) is 15.0 Å². The van der Waals surface area contributed by atoms with Crippen LogP contribution in [-0.4, -0.2) is 70.3 Å². The molecule has 15 heteroatoms. The number of nitrogens with two attached hydrogens (primary N) is 1. The quantitative estimate of drug-likeness (QED) is 0.375. The van der Waals surface area contributed by atoms with Crippen LogP contribution in [0.15, 0.2) is 41.3 Å². The third kappa shape index (κ3) is 5.19. The Morgan fingerprint density at radius 2 is 1.76 bits per heavy atom. The molecule has 2 N–H and O–H groups in total. The predicted molar refractivity (Wildman–Crippen MR) is 132 cm³/mol. The Bertz CT molecular complexity index is 1660. The summed E-state index contributed by atoms with van der Waals surface area (Å²) in [5, 5.41) is 0.00500. The Labute approximate surface area is 211 Å². The summed E-state index contributed by atoms with van der Waals surface area (Å²) in [5.41, 5.74) is 5.06. The second-order valence-corrected chi connectivity index (χ2v) is 12.2. The lowest BCUT2D eigenvalue weighted by Crippen LogP contribution is -2.43. The molecule has 0 radical (unpaired) electrons. The van der Waals surface area contributed by atoms with Gasteiger partial charge in [0, 0.05) is 30.8 Å². The van der Waals surface area contributed by atoms with Crippen LogP contribution < -0.4 is 10.0 Å². The fourth-order valence-electron chi connectivity index (χ4n) is 3.91. The van der Waals surface area contributed by atoms with Gasteiger partial charge in [-0.15, -0.1) is 0 Å². The minimum Gasteiger partial charge on any atom is -0.437 e. The second kappa shape index (κ2) is 9.24. The Balaban J connectivity index is 2.03. The minimum absolute atomic E-state index is 0.00500. The predicted octanol–water partition coefficient (Wildman–Crippen LogP) is 1.92. The van der Waals surface area contributed by atoms with Gasteiger partial charge < -0.3 is 14.9 Å². The summed E-state index contributed by atoms with van der Waals surface area (Å²) in [5.74, 6) is -1.98. The fraction of sp³-hybridized carbons (Fsp3) is 0.227. The Morgan fingerprint density at radius 1 is 1.11 bits per heavy atom. The molecule has 4 rings (SSSR count). The van der Waals surface area contributed by atoms with E-state index in [1.807, 2.05) is 0 Å². The monoisotopic (exact) mass is 552 g/mol. The van der Waals surface area contributed by atoms with Crippen LogP contribution in [0.1, 0.15) is 15.9 Å². The maximum Gasteiger partial charge on any atom is 0.412 e. The van der Waals surface area contributed by atoms with Crippen LogP contribution >= 0.6 is 0 Å². The molecule has 1 aromatic carbocycles. The van der Waals surface area contributed by atoms with Gasteiger partial charge in [-0.05, 0) is 35.9 Å². The van der Waals surface area contributed by atoms with E-state index in [-0.39, 0.29) is 64.6 Å². The number of rotatable bonds is 4. The Kier molecular flexibility index (Phi) is 6.56. The van der Waals surface area contributed by atoms with E-state index in [0.29, 0.717) is 0 Å². The van der Waals surface area contributed by atoms with Crippen LogP contribution in [0.2, 0.25) is 0 Å². The van der Waals surface area contributed by atoms with E-state index in [1.165, 1.54) is 18.2 Å². The van der Waals surface area contributed by atoms with Crippen LogP contribution in [0, 0.1) is 5.82 Å². The van der Waals surface area contributed by atoms with Crippen molar-refractivity contribution in [1.29, 1.82) is 0 Å². The van der Waals surface area contributed by atoms with E-state index in [1.54, 1.807) is 0 Å². The summed E-state index contributed by atoms with van der Waals surface area (Å²) in [6.45, 7) is 3.31. The molecule has 1 aliphatic heterocycles. The van der Waals surface area contributed by atoms with Crippen molar-refractivity contribution < 1.29 is 40.0 Å². The van der Waals surface area contributed by atoms with Crippen molar-refractivity contribution in [2.45, 2.75) is 0 Å². The first-order valence-electron chi connectivity index (χ1n) is 10.5. The van der Waals surface area contributed by atoms with E-state index in [0.717, 1.165) is 33.3 Å². The first-order valence-corrected chi connectivity index (χ1v) is 14.2. The molecule has 0 atom stereocenters. The van der Waals surface area contributed by atoms with Crippen molar-refractivity contribution in [3.63, 3.8) is 0 Å². The number of carbonyl (C=O) groups is 2. The van der Waals surface area contributed by atoms with Crippen LogP contribution in [0.25, 0.3) is 28.0 Å². The van der Waals surface area contributed by atoms with Crippen LogP contribution in [-0.2, 0) is 24.8 Å². The number of amides is 1. The van der Waals surface area contributed by atoms with Gasteiger partial charge in [0.25, 0.3) is 0 Å².